The Morgan fingerprint density at radius 2 is 2.11 bits per heavy atom. The molecule has 100 valence electrons. The van der Waals surface area contributed by atoms with Gasteiger partial charge >= 0.3 is 15.6 Å². The third-order valence-electron chi connectivity index (χ3n) is 2.12. The molecule has 0 radical (unpaired) electrons. The van der Waals surface area contributed by atoms with E-state index in [4.69, 9.17) is 14.3 Å². The molecule has 8 heteroatoms. The van der Waals surface area contributed by atoms with Crippen molar-refractivity contribution >= 4 is 15.6 Å². The van der Waals surface area contributed by atoms with Crippen molar-refractivity contribution < 1.29 is 23.4 Å². The second kappa shape index (κ2) is 7.72. The van der Waals surface area contributed by atoms with E-state index in [-0.39, 0.29) is 12.8 Å². The summed E-state index contributed by atoms with van der Waals surface area (Å²) in [6, 6.07) is 5.38. The van der Waals surface area contributed by atoms with Gasteiger partial charge in [0.15, 0.2) is 6.16 Å². The van der Waals surface area contributed by atoms with Crippen LogP contribution < -0.4 is 0 Å². The number of unbranched alkanes of at least 4 members (excludes halogenated alkanes) is 1. The Kier molecular flexibility index (Phi) is 6.61. The summed E-state index contributed by atoms with van der Waals surface area (Å²) in [6.07, 6.45) is 2.59. The molecule has 0 aliphatic rings. The predicted molar refractivity (Wildman–Crippen MR) is 67.6 cm³/mol. The molecule has 2 N–H and O–H groups in total. The van der Waals surface area contributed by atoms with E-state index in [2.05, 4.69) is 4.98 Å². The Morgan fingerprint density at radius 1 is 1.33 bits per heavy atom. The molecule has 1 heterocycles. The lowest BCUT2D eigenvalue weighted by molar-refractivity contribution is 0.313. The summed E-state index contributed by atoms with van der Waals surface area (Å²) < 4.78 is 27.1. The molecule has 0 aromatic carbocycles. The highest BCUT2D eigenvalue weighted by Crippen LogP contribution is 2.36. The highest BCUT2D eigenvalue weighted by molar-refractivity contribution is 7.51. The number of pyridine rings is 1. The van der Waals surface area contributed by atoms with E-state index in [1.807, 2.05) is 6.07 Å². The number of nitrogens with zero attached hydrogens (tertiary/aromatic N) is 1. The molecule has 1 unspecified atom stereocenters. The van der Waals surface area contributed by atoms with Crippen LogP contribution in [-0.2, 0) is 20.3 Å². The number of hydrogen-bond donors (Lipinski definition) is 2. The zero-order chi connectivity index (χ0) is 13.4. The summed E-state index contributed by atoms with van der Waals surface area (Å²) in [4.78, 5) is 21.3. The summed E-state index contributed by atoms with van der Waals surface area (Å²) in [5, 5.41) is 0. The smallest absolute Gasteiger partial charge is 0.324 e. The minimum Gasteiger partial charge on any atom is -0.324 e. The van der Waals surface area contributed by atoms with E-state index >= 15 is 0 Å². The fraction of sp³-hybridized carbons (Fsp3) is 0.500. The molecule has 0 bridgehead atoms. The van der Waals surface area contributed by atoms with Crippen molar-refractivity contribution in [3.8, 4) is 0 Å². The van der Waals surface area contributed by atoms with Gasteiger partial charge < -0.3 is 9.79 Å². The largest absolute Gasteiger partial charge is 0.508 e. The van der Waals surface area contributed by atoms with Gasteiger partial charge in [-0.05, 0) is 29.5 Å². The normalized spacial score (nSPS) is 12.4. The highest BCUT2D eigenvalue weighted by atomic mass is 31.2. The maximum Gasteiger partial charge on any atom is 0.508 e. The van der Waals surface area contributed by atoms with Gasteiger partial charge in [0.05, 0.1) is 5.69 Å². The van der Waals surface area contributed by atoms with E-state index in [0.717, 1.165) is 0 Å². The zero-order valence-electron chi connectivity index (χ0n) is 9.81. The molecule has 0 spiro atoms. The first-order chi connectivity index (χ1) is 8.47. The Bertz CT molecular complexity index is 420. The molecule has 1 aromatic rings. The maximum atomic E-state index is 11.4. The first-order valence-corrected chi connectivity index (χ1v) is 8.65. The molecule has 0 saturated carbocycles. The van der Waals surface area contributed by atoms with Gasteiger partial charge in [0.25, 0.3) is 0 Å². The second-order valence-electron chi connectivity index (χ2n) is 3.75. The molecule has 1 aromatic heterocycles. The van der Waals surface area contributed by atoms with Crippen LogP contribution in [-0.4, -0.2) is 27.1 Å². The molecule has 0 saturated heterocycles. The molecule has 0 amide bonds. The van der Waals surface area contributed by atoms with Crippen molar-refractivity contribution in [3.05, 3.63) is 30.1 Å². The lowest BCUT2D eigenvalue weighted by Crippen LogP contribution is -1.92. The Balaban J connectivity index is 2.13. The molecular formula is C10H16NO5P2+. The molecule has 6 nitrogen and oxygen atoms in total. The minimum absolute atomic E-state index is 0.170. The quantitative estimate of drug-likeness (QED) is 0.563. The van der Waals surface area contributed by atoms with Crippen LogP contribution in [0.3, 0.4) is 0 Å². The number of aromatic nitrogens is 1. The van der Waals surface area contributed by atoms with Crippen LogP contribution in [0.15, 0.2) is 24.4 Å². The predicted octanol–water partition coefficient (Wildman–Crippen LogP) is 2.30. The average Bonchev–Trinajstić information content (AvgIpc) is 2.32. The van der Waals surface area contributed by atoms with E-state index in [1.54, 1.807) is 18.3 Å². The van der Waals surface area contributed by atoms with Gasteiger partial charge in [-0.25, -0.2) is 0 Å². The fourth-order valence-electron chi connectivity index (χ4n) is 1.24. The molecular weight excluding hydrogens is 276 g/mol. The summed E-state index contributed by atoms with van der Waals surface area (Å²) >= 11 is 0. The van der Waals surface area contributed by atoms with Crippen molar-refractivity contribution in [2.75, 3.05) is 12.3 Å². The van der Waals surface area contributed by atoms with Crippen molar-refractivity contribution in [2.24, 2.45) is 0 Å². The van der Waals surface area contributed by atoms with Crippen molar-refractivity contribution in [3.63, 3.8) is 0 Å². The first kappa shape index (κ1) is 15.4. The molecule has 1 rings (SSSR count). The maximum absolute atomic E-state index is 11.4. The molecule has 18 heavy (non-hydrogen) atoms. The summed E-state index contributed by atoms with van der Waals surface area (Å²) in [6.45, 7) is 0.189. The Hall–Kier alpha value is -0.640. The second-order valence-corrected chi connectivity index (χ2v) is 6.89. The topological polar surface area (TPSA) is 96.7 Å². The minimum atomic E-state index is -3.93. The molecule has 0 aliphatic carbocycles. The average molecular weight is 292 g/mol. The van der Waals surface area contributed by atoms with Gasteiger partial charge in [-0.2, -0.15) is 0 Å². The van der Waals surface area contributed by atoms with Crippen molar-refractivity contribution in [2.45, 2.75) is 19.4 Å². The Morgan fingerprint density at radius 3 is 2.72 bits per heavy atom. The van der Waals surface area contributed by atoms with Crippen molar-refractivity contribution in [1.82, 2.24) is 4.98 Å². The van der Waals surface area contributed by atoms with Gasteiger partial charge in [0, 0.05) is 12.4 Å². The summed E-state index contributed by atoms with van der Waals surface area (Å²) in [5.74, 6) is 0. The van der Waals surface area contributed by atoms with Crippen LogP contribution in [0, 0.1) is 0 Å². The van der Waals surface area contributed by atoms with Crippen LogP contribution in [0.4, 0.5) is 0 Å². The van der Waals surface area contributed by atoms with Crippen molar-refractivity contribution in [1.29, 1.82) is 0 Å². The molecule has 0 fully saturated rings. The van der Waals surface area contributed by atoms with Crippen LogP contribution in [0.2, 0.25) is 0 Å². The number of hydrogen-bond acceptors (Lipinski definition) is 4. The van der Waals surface area contributed by atoms with Gasteiger partial charge in [-0.15, -0.1) is 4.52 Å². The summed E-state index contributed by atoms with van der Waals surface area (Å²) in [5.41, 5.74) is 0.705. The SMILES string of the molecule is O=[P+](CCCCP(=O)(O)O)OCc1ccccn1. The van der Waals surface area contributed by atoms with Gasteiger partial charge in [0.1, 0.15) is 6.61 Å². The lowest BCUT2D eigenvalue weighted by Gasteiger charge is -2.00. The summed E-state index contributed by atoms with van der Waals surface area (Å²) in [7, 11) is -5.73. The zero-order valence-corrected chi connectivity index (χ0v) is 11.6. The van der Waals surface area contributed by atoms with Gasteiger partial charge in [-0.1, -0.05) is 6.07 Å². The molecule has 0 aliphatic heterocycles. The molecule has 1 atom stereocenters. The van der Waals surface area contributed by atoms with Gasteiger partial charge in [0.2, 0.25) is 0 Å². The van der Waals surface area contributed by atoms with E-state index < -0.39 is 15.6 Å². The standard InChI is InChI=1S/C10H15NO5P2/c12-17(7-3-4-8-18(13,14)15)16-9-10-5-1-2-6-11-10/h1-2,5-6H,3-4,7-9H2,(H-,13,14,15)/p+1. The van der Waals surface area contributed by atoms with E-state index in [0.29, 0.717) is 24.7 Å². The monoisotopic (exact) mass is 292 g/mol. The van der Waals surface area contributed by atoms with E-state index in [1.165, 1.54) is 0 Å². The number of rotatable bonds is 8. The van der Waals surface area contributed by atoms with Gasteiger partial charge in [-0.3, -0.25) is 9.55 Å². The Labute approximate surface area is 106 Å². The first-order valence-electron chi connectivity index (χ1n) is 5.49. The highest BCUT2D eigenvalue weighted by Gasteiger charge is 2.19. The third-order valence-corrected chi connectivity index (χ3v) is 4.12. The van der Waals surface area contributed by atoms with Crippen LogP contribution in [0.5, 0.6) is 0 Å². The lowest BCUT2D eigenvalue weighted by atomic mass is 10.4. The van der Waals surface area contributed by atoms with E-state index in [9.17, 15) is 9.13 Å². The third kappa shape index (κ3) is 7.64. The van der Waals surface area contributed by atoms with Crippen LogP contribution >= 0.6 is 15.6 Å². The fourth-order valence-corrected chi connectivity index (χ4v) is 2.77. The van der Waals surface area contributed by atoms with Crippen LogP contribution in [0.1, 0.15) is 18.5 Å². The van der Waals surface area contributed by atoms with Crippen LogP contribution in [0.25, 0.3) is 0 Å².